The number of aromatic nitrogens is 1. The van der Waals surface area contributed by atoms with Crippen molar-refractivity contribution in [1.82, 2.24) is 4.98 Å². The third kappa shape index (κ3) is 2.90. The summed E-state index contributed by atoms with van der Waals surface area (Å²) >= 11 is 5.98. The van der Waals surface area contributed by atoms with Gasteiger partial charge in [0.15, 0.2) is 0 Å². The van der Waals surface area contributed by atoms with E-state index in [-0.39, 0.29) is 12.2 Å². The summed E-state index contributed by atoms with van der Waals surface area (Å²) in [7, 11) is 0. The molecule has 1 aliphatic rings. The smallest absolute Gasteiger partial charge is 0.0726 e. The second kappa shape index (κ2) is 5.23. The molecule has 0 N–H and O–H groups in total. The summed E-state index contributed by atoms with van der Waals surface area (Å²) in [4.78, 5) is 6.65. The second-order valence-corrected chi connectivity index (χ2v) is 5.02. The molecule has 2 heterocycles. The largest absolute Gasteiger partial charge is 0.372 e. The molecule has 17 heavy (non-hydrogen) atoms. The Labute approximate surface area is 108 Å². The van der Waals surface area contributed by atoms with E-state index in [2.05, 4.69) is 29.8 Å². The van der Waals surface area contributed by atoms with Crippen LogP contribution in [0.1, 0.15) is 25.1 Å². The first-order chi connectivity index (χ1) is 8.10. The molecule has 0 bridgehead atoms. The molecule has 3 nitrogen and oxygen atoms in total. The lowest BCUT2D eigenvalue weighted by molar-refractivity contribution is -0.00525. The van der Waals surface area contributed by atoms with Gasteiger partial charge in [0.05, 0.1) is 18.1 Å². The fourth-order valence-corrected chi connectivity index (χ4v) is 2.55. The van der Waals surface area contributed by atoms with Crippen molar-refractivity contribution in [3.63, 3.8) is 0 Å². The van der Waals surface area contributed by atoms with Crippen LogP contribution in [0.15, 0.2) is 12.3 Å². The maximum absolute atomic E-state index is 5.98. The summed E-state index contributed by atoms with van der Waals surface area (Å²) in [5.41, 5.74) is 3.33. The van der Waals surface area contributed by atoms with E-state index in [4.69, 9.17) is 16.3 Å². The van der Waals surface area contributed by atoms with Gasteiger partial charge in [0, 0.05) is 36.2 Å². The van der Waals surface area contributed by atoms with E-state index in [1.54, 1.807) is 0 Å². The van der Waals surface area contributed by atoms with Crippen molar-refractivity contribution in [1.29, 1.82) is 0 Å². The highest BCUT2D eigenvalue weighted by molar-refractivity contribution is 6.17. The van der Waals surface area contributed by atoms with E-state index >= 15 is 0 Å². The van der Waals surface area contributed by atoms with Gasteiger partial charge in [-0.15, -0.1) is 11.6 Å². The molecule has 1 fully saturated rings. The maximum Gasteiger partial charge on any atom is 0.0726 e. The predicted octanol–water partition coefficient (Wildman–Crippen LogP) is 2.74. The molecule has 1 aromatic heterocycles. The van der Waals surface area contributed by atoms with Gasteiger partial charge in [0.25, 0.3) is 0 Å². The van der Waals surface area contributed by atoms with E-state index in [0.717, 1.165) is 24.3 Å². The van der Waals surface area contributed by atoms with Gasteiger partial charge in [-0.25, -0.2) is 0 Å². The van der Waals surface area contributed by atoms with Crippen molar-refractivity contribution < 1.29 is 4.74 Å². The molecule has 0 aromatic carbocycles. The molecule has 0 aliphatic carbocycles. The average molecular weight is 255 g/mol. The van der Waals surface area contributed by atoms with Crippen molar-refractivity contribution in [3.8, 4) is 0 Å². The van der Waals surface area contributed by atoms with Gasteiger partial charge in [0.1, 0.15) is 0 Å². The number of ether oxygens (including phenoxy) is 1. The topological polar surface area (TPSA) is 25.4 Å². The molecule has 4 heteroatoms. The van der Waals surface area contributed by atoms with Gasteiger partial charge in [-0.3, -0.25) is 4.98 Å². The number of alkyl halides is 1. The highest BCUT2D eigenvalue weighted by Crippen LogP contribution is 2.25. The first kappa shape index (κ1) is 12.7. The Morgan fingerprint density at radius 1 is 1.41 bits per heavy atom. The second-order valence-electron chi connectivity index (χ2n) is 4.75. The van der Waals surface area contributed by atoms with Crippen LogP contribution in [0.5, 0.6) is 0 Å². The van der Waals surface area contributed by atoms with Gasteiger partial charge in [-0.1, -0.05) is 0 Å². The van der Waals surface area contributed by atoms with Gasteiger partial charge in [-0.2, -0.15) is 0 Å². The summed E-state index contributed by atoms with van der Waals surface area (Å²) in [5.74, 6) is 0.503. The van der Waals surface area contributed by atoms with Crippen molar-refractivity contribution >= 4 is 17.3 Å². The van der Waals surface area contributed by atoms with Crippen LogP contribution < -0.4 is 4.90 Å². The molecule has 94 valence electrons. The first-order valence-electron chi connectivity index (χ1n) is 6.02. The Hall–Kier alpha value is -0.800. The SMILES string of the molecule is Cc1cc(N2C[C@@H](C)O[C@@H](C)C2)c(CCl)cn1. The monoisotopic (exact) mass is 254 g/mol. The van der Waals surface area contributed by atoms with Crippen LogP contribution in [0.3, 0.4) is 0 Å². The fourth-order valence-electron chi connectivity index (χ4n) is 2.35. The summed E-state index contributed by atoms with van der Waals surface area (Å²) in [6, 6.07) is 2.11. The lowest BCUT2D eigenvalue weighted by atomic mass is 10.1. The molecule has 0 saturated carbocycles. The van der Waals surface area contributed by atoms with Gasteiger partial charge < -0.3 is 9.64 Å². The van der Waals surface area contributed by atoms with Crippen molar-refractivity contribution in [2.24, 2.45) is 0 Å². The highest BCUT2D eigenvalue weighted by atomic mass is 35.5. The third-order valence-electron chi connectivity index (χ3n) is 3.00. The first-order valence-corrected chi connectivity index (χ1v) is 6.55. The normalized spacial score (nSPS) is 25.1. The highest BCUT2D eigenvalue weighted by Gasteiger charge is 2.23. The zero-order valence-corrected chi connectivity index (χ0v) is 11.4. The molecule has 0 spiro atoms. The van der Waals surface area contributed by atoms with E-state index < -0.39 is 0 Å². The van der Waals surface area contributed by atoms with E-state index in [9.17, 15) is 0 Å². The number of hydrogen-bond donors (Lipinski definition) is 0. The molecule has 0 radical (unpaired) electrons. The Morgan fingerprint density at radius 2 is 2.06 bits per heavy atom. The number of aryl methyl sites for hydroxylation is 1. The Morgan fingerprint density at radius 3 is 2.65 bits per heavy atom. The molecule has 0 unspecified atom stereocenters. The van der Waals surface area contributed by atoms with E-state index in [0.29, 0.717) is 5.88 Å². The van der Waals surface area contributed by atoms with Crippen LogP contribution in [0.4, 0.5) is 5.69 Å². The standard InChI is InChI=1S/C13H19ClN2O/c1-9-4-13(12(5-14)6-15-9)16-7-10(2)17-11(3)8-16/h4,6,10-11H,5,7-8H2,1-3H3/t10-,11+. The average Bonchev–Trinajstić information content (AvgIpc) is 2.27. The Bertz CT molecular complexity index is 387. The van der Waals surface area contributed by atoms with E-state index in [1.165, 1.54) is 5.69 Å². The number of anilines is 1. The van der Waals surface area contributed by atoms with E-state index in [1.807, 2.05) is 13.1 Å². The molecule has 1 aromatic rings. The van der Waals surface area contributed by atoms with Gasteiger partial charge in [0.2, 0.25) is 0 Å². The number of hydrogen-bond acceptors (Lipinski definition) is 3. The molecular formula is C13H19ClN2O. The van der Waals surface area contributed by atoms with Crippen LogP contribution in [-0.4, -0.2) is 30.3 Å². The molecule has 2 atom stereocenters. The predicted molar refractivity (Wildman–Crippen MR) is 70.8 cm³/mol. The van der Waals surface area contributed by atoms with Crippen molar-refractivity contribution in [2.45, 2.75) is 38.9 Å². The zero-order chi connectivity index (χ0) is 12.4. The molecule has 1 aliphatic heterocycles. The summed E-state index contributed by atoms with van der Waals surface area (Å²) in [6.07, 6.45) is 2.40. The molecule has 0 amide bonds. The van der Waals surface area contributed by atoms with Gasteiger partial charge >= 0.3 is 0 Å². The minimum atomic E-state index is 0.260. The van der Waals surface area contributed by atoms with Crippen LogP contribution in [0.25, 0.3) is 0 Å². The third-order valence-corrected chi connectivity index (χ3v) is 3.29. The number of rotatable bonds is 2. The van der Waals surface area contributed by atoms with Crippen LogP contribution in [0, 0.1) is 6.92 Å². The van der Waals surface area contributed by atoms with Crippen LogP contribution in [-0.2, 0) is 10.6 Å². The minimum Gasteiger partial charge on any atom is -0.372 e. The lowest BCUT2D eigenvalue weighted by Gasteiger charge is -2.37. The van der Waals surface area contributed by atoms with Crippen LogP contribution >= 0.6 is 11.6 Å². The molecule has 1 saturated heterocycles. The Balaban J connectivity index is 2.28. The number of nitrogens with zero attached hydrogens (tertiary/aromatic N) is 2. The van der Waals surface area contributed by atoms with Crippen LogP contribution in [0.2, 0.25) is 0 Å². The lowest BCUT2D eigenvalue weighted by Crippen LogP contribution is -2.45. The minimum absolute atomic E-state index is 0.260. The van der Waals surface area contributed by atoms with Crippen molar-refractivity contribution in [2.75, 3.05) is 18.0 Å². The Kier molecular flexibility index (Phi) is 3.89. The summed E-state index contributed by atoms with van der Waals surface area (Å²) in [6.45, 7) is 8.05. The van der Waals surface area contributed by atoms with Gasteiger partial charge in [-0.05, 0) is 26.8 Å². The summed E-state index contributed by atoms with van der Waals surface area (Å²) < 4.78 is 5.75. The van der Waals surface area contributed by atoms with Crippen molar-refractivity contribution in [3.05, 3.63) is 23.5 Å². The number of pyridine rings is 1. The fraction of sp³-hybridized carbons (Fsp3) is 0.615. The quantitative estimate of drug-likeness (QED) is 0.759. The zero-order valence-electron chi connectivity index (χ0n) is 10.6. The summed E-state index contributed by atoms with van der Waals surface area (Å²) in [5, 5.41) is 0. The maximum atomic E-state index is 5.98. The number of halogens is 1. The molecular weight excluding hydrogens is 236 g/mol. The molecule has 2 rings (SSSR count). The number of morpholine rings is 1.